The molecule has 0 saturated heterocycles. The van der Waals surface area contributed by atoms with Gasteiger partial charge >= 0.3 is 0 Å². The molecule has 0 bridgehead atoms. The molecular weight excluding hydrogens is 272 g/mol. The first-order chi connectivity index (χ1) is 9.55. The lowest BCUT2D eigenvalue weighted by atomic mass is 10.2. The van der Waals surface area contributed by atoms with E-state index >= 15 is 0 Å². The fourth-order valence-corrected chi connectivity index (χ4v) is 3.41. The second-order valence-electron chi connectivity index (χ2n) is 4.91. The summed E-state index contributed by atoms with van der Waals surface area (Å²) in [5.41, 5.74) is 1.04. The Morgan fingerprint density at radius 2 is 1.85 bits per heavy atom. The minimum absolute atomic E-state index is 0.304. The Balaban J connectivity index is 2.30. The van der Waals surface area contributed by atoms with Crippen molar-refractivity contribution in [2.75, 3.05) is 0 Å². The fourth-order valence-electron chi connectivity index (χ4n) is 2.07. The molecule has 108 valence electrons. The highest BCUT2D eigenvalue weighted by molar-refractivity contribution is 7.90. The van der Waals surface area contributed by atoms with E-state index in [1.807, 2.05) is 6.92 Å². The van der Waals surface area contributed by atoms with Crippen LogP contribution in [0.2, 0.25) is 0 Å². The molecule has 0 amide bonds. The van der Waals surface area contributed by atoms with Gasteiger partial charge in [0, 0.05) is 18.8 Å². The van der Waals surface area contributed by atoms with Gasteiger partial charge in [-0.25, -0.2) is 17.4 Å². The third-order valence-electron chi connectivity index (χ3n) is 3.26. The summed E-state index contributed by atoms with van der Waals surface area (Å²) in [4.78, 5) is 4.48. The number of aromatic nitrogens is 2. The van der Waals surface area contributed by atoms with Crippen molar-refractivity contribution >= 4 is 10.0 Å². The average molecular weight is 292 g/mol. The van der Waals surface area contributed by atoms with Crippen LogP contribution in [0.4, 0.5) is 0 Å². The number of imidazole rings is 1. The van der Waals surface area contributed by atoms with E-state index in [-0.39, 0.29) is 0 Å². The zero-order valence-electron chi connectivity index (χ0n) is 11.9. The molecule has 0 unspecified atom stereocenters. The molecule has 1 aromatic heterocycles. The van der Waals surface area contributed by atoms with Crippen LogP contribution in [-0.2, 0) is 16.4 Å². The zero-order chi connectivity index (χ0) is 14.6. The van der Waals surface area contributed by atoms with Gasteiger partial charge in [0.25, 0.3) is 10.0 Å². The summed E-state index contributed by atoms with van der Waals surface area (Å²) < 4.78 is 26.5. The van der Waals surface area contributed by atoms with Gasteiger partial charge in [-0.15, -0.1) is 0 Å². The number of aryl methyl sites for hydroxylation is 2. The Morgan fingerprint density at radius 1 is 1.15 bits per heavy atom. The van der Waals surface area contributed by atoms with Crippen LogP contribution >= 0.6 is 0 Å². The lowest BCUT2D eigenvalue weighted by Gasteiger charge is -2.09. The molecule has 0 fully saturated rings. The summed E-state index contributed by atoms with van der Waals surface area (Å²) >= 11 is 0. The van der Waals surface area contributed by atoms with Crippen LogP contribution in [0, 0.1) is 6.92 Å². The molecule has 2 rings (SSSR count). The molecule has 1 heterocycles. The van der Waals surface area contributed by atoms with Gasteiger partial charge in [0.1, 0.15) is 5.82 Å². The van der Waals surface area contributed by atoms with Crippen molar-refractivity contribution in [1.29, 1.82) is 0 Å². The normalized spacial score (nSPS) is 11.7. The van der Waals surface area contributed by atoms with Gasteiger partial charge in [0.05, 0.1) is 4.90 Å². The molecule has 0 spiro atoms. The Morgan fingerprint density at radius 3 is 2.50 bits per heavy atom. The van der Waals surface area contributed by atoms with E-state index in [1.54, 1.807) is 30.5 Å². The second kappa shape index (κ2) is 6.22. The maximum atomic E-state index is 12.6. The van der Waals surface area contributed by atoms with Crippen LogP contribution in [0.15, 0.2) is 41.6 Å². The molecular formula is C15H20N2O2S. The summed E-state index contributed by atoms with van der Waals surface area (Å²) in [6.45, 7) is 4.05. The number of rotatable bonds is 6. The fraction of sp³-hybridized carbons (Fsp3) is 0.400. The smallest absolute Gasteiger partial charge is 0.241 e. The average Bonchev–Trinajstić information content (AvgIpc) is 2.89. The van der Waals surface area contributed by atoms with Crippen molar-refractivity contribution in [3.05, 3.63) is 48.0 Å². The largest absolute Gasteiger partial charge is 0.269 e. The Labute approximate surface area is 120 Å². The third kappa shape index (κ3) is 3.10. The molecule has 2 aromatic rings. The van der Waals surface area contributed by atoms with E-state index in [9.17, 15) is 8.42 Å². The van der Waals surface area contributed by atoms with E-state index in [2.05, 4.69) is 11.9 Å². The quantitative estimate of drug-likeness (QED) is 0.768. The van der Waals surface area contributed by atoms with Crippen LogP contribution in [0.3, 0.4) is 0 Å². The maximum absolute atomic E-state index is 12.6. The van der Waals surface area contributed by atoms with E-state index in [0.29, 0.717) is 17.1 Å². The van der Waals surface area contributed by atoms with Gasteiger partial charge in [-0.1, -0.05) is 37.5 Å². The van der Waals surface area contributed by atoms with Crippen molar-refractivity contribution in [2.24, 2.45) is 0 Å². The van der Waals surface area contributed by atoms with Crippen LogP contribution in [0.1, 0.15) is 37.6 Å². The van der Waals surface area contributed by atoms with Gasteiger partial charge in [-0.05, 0) is 25.5 Å². The van der Waals surface area contributed by atoms with Crippen molar-refractivity contribution in [2.45, 2.75) is 44.4 Å². The number of hydrogen-bond acceptors (Lipinski definition) is 3. The molecule has 20 heavy (non-hydrogen) atoms. The summed E-state index contributed by atoms with van der Waals surface area (Å²) in [7, 11) is -3.53. The molecule has 1 aromatic carbocycles. The van der Waals surface area contributed by atoms with Gasteiger partial charge in [-0.2, -0.15) is 0 Å². The molecule has 5 heteroatoms. The van der Waals surface area contributed by atoms with Gasteiger partial charge in [0.15, 0.2) is 0 Å². The second-order valence-corrected chi connectivity index (χ2v) is 6.73. The van der Waals surface area contributed by atoms with E-state index in [0.717, 1.165) is 24.8 Å². The molecule has 0 aliphatic carbocycles. The lowest BCUT2D eigenvalue weighted by Crippen LogP contribution is -2.15. The van der Waals surface area contributed by atoms with Gasteiger partial charge in [-0.3, -0.25) is 0 Å². The zero-order valence-corrected chi connectivity index (χ0v) is 12.7. The Hall–Kier alpha value is -1.62. The third-order valence-corrected chi connectivity index (χ3v) is 4.98. The highest BCUT2D eigenvalue weighted by Crippen LogP contribution is 2.17. The molecule has 0 saturated carbocycles. The Kier molecular flexibility index (Phi) is 4.60. The molecule has 0 atom stereocenters. The number of benzene rings is 1. The number of hydrogen-bond donors (Lipinski definition) is 0. The molecule has 0 aliphatic rings. The predicted octanol–water partition coefficient (Wildman–Crippen LogP) is 3.16. The van der Waals surface area contributed by atoms with Crippen molar-refractivity contribution in [1.82, 2.24) is 8.96 Å². The summed E-state index contributed by atoms with van der Waals surface area (Å²) in [5.74, 6) is 0.610. The highest BCUT2D eigenvalue weighted by Gasteiger charge is 2.19. The SMILES string of the molecule is CCCCCc1nccn1S(=O)(=O)c1ccc(C)cc1. The number of nitrogens with zero attached hydrogens (tertiary/aromatic N) is 2. The standard InChI is InChI=1S/C15H20N2O2S/c1-3-4-5-6-15-16-11-12-17(15)20(18,19)14-9-7-13(2)8-10-14/h7-12H,3-6H2,1-2H3. The first-order valence-corrected chi connectivity index (χ1v) is 8.34. The van der Waals surface area contributed by atoms with Crippen molar-refractivity contribution < 1.29 is 8.42 Å². The minimum atomic E-state index is -3.53. The first kappa shape index (κ1) is 14.8. The van der Waals surface area contributed by atoms with E-state index in [1.165, 1.54) is 10.2 Å². The minimum Gasteiger partial charge on any atom is -0.241 e. The van der Waals surface area contributed by atoms with Gasteiger partial charge < -0.3 is 0 Å². The molecule has 0 N–H and O–H groups in total. The first-order valence-electron chi connectivity index (χ1n) is 6.90. The summed E-state index contributed by atoms with van der Waals surface area (Å²) in [6, 6.07) is 6.89. The van der Waals surface area contributed by atoms with Crippen molar-refractivity contribution in [3.8, 4) is 0 Å². The molecule has 0 aliphatic heterocycles. The monoisotopic (exact) mass is 292 g/mol. The summed E-state index contributed by atoms with van der Waals surface area (Å²) in [5, 5.41) is 0. The van der Waals surface area contributed by atoms with Crippen LogP contribution in [0.25, 0.3) is 0 Å². The van der Waals surface area contributed by atoms with Crippen LogP contribution in [-0.4, -0.2) is 17.4 Å². The molecule has 4 nitrogen and oxygen atoms in total. The highest BCUT2D eigenvalue weighted by atomic mass is 32.2. The Bertz CT molecular complexity index is 657. The van der Waals surface area contributed by atoms with Crippen LogP contribution < -0.4 is 0 Å². The molecule has 0 radical (unpaired) electrons. The van der Waals surface area contributed by atoms with Crippen molar-refractivity contribution in [3.63, 3.8) is 0 Å². The topological polar surface area (TPSA) is 52.0 Å². The lowest BCUT2D eigenvalue weighted by molar-refractivity contribution is 0.582. The summed E-state index contributed by atoms with van der Waals surface area (Å²) in [6.07, 6.45) is 6.90. The van der Waals surface area contributed by atoms with E-state index < -0.39 is 10.0 Å². The van der Waals surface area contributed by atoms with Gasteiger partial charge in [0.2, 0.25) is 0 Å². The number of unbranched alkanes of at least 4 members (excludes halogenated alkanes) is 2. The predicted molar refractivity (Wildman–Crippen MR) is 79.2 cm³/mol. The van der Waals surface area contributed by atoms with Crippen LogP contribution in [0.5, 0.6) is 0 Å². The maximum Gasteiger partial charge on any atom is 0.269 e. The van der Waals surface area contributed by atoms with E-state index in [4.69, 9.17) is 0 Å².